The molecule has 3 N–H and O–H groups in total. The second kappa shape index (κ2) is 1.52. The molecule has 0 unspecified atom stereocenters. The van der Waals surface area contributed by atoms with Crippen LogP contribution in [0.2, 0.25) is 0 Å². The zero-order chi connectivity index (χ0) is 5.11. The average molecular weight is 99.1 g/mol. The van der Waals surface area contributed by atoms with E-state index in [1.54, 1.807) is 0 Å². The molecule has 1 heterocycles. The van der Waals surface area contributed by atoms with E-state index in [2.05, 4.69) is 26.0 Å². The highest BCUT2D eigenvalue weighted by Crippen LogP contribution is 1.95. The van der Waals surface area contributed by atoms with E-state index in [0.29, 0.717) is 0 Å². The van der Waals surface area contributed by atoms with Crippen LogP contribution in [-0.2, 0) is 0 Å². The van der Waals surface area contributed by atoms with Crippen LogP contribution < -0.4 is 5.84 Å². The van der Waals surface area contributed by atoms with Crippen molar-refractivity contribution < 1.29 is 0 Å². The highest BCUT2D eigenvalue weighted by molar-refractivity contribution is 5.22. The van der Waals surface area contributed by atoms with Crippen molar-refractivity contribution in [2.75, 3.05) is 0 Å². The summed E-state index contributed by atoms with van der Waals surface area (Å²) < 4.78 is 0. The fourth-order valence-corrected chi connectivity index (χ4v) is 0.211. The minimum atomic E-state index is 0.167. The second-order valence-corrected chi connectivity index (χ2v) is 0.841. The van der Waals surface area contributed by atoms with Crippen LogP contribution in [0, 0.1) is 0 Å². The van der Waals surface area contributed by atoms with Gasteiger partial charge in [0, 0.05) is 0 Å². The Morgan fingerprint density at radius 2 is 2.57 bits per heavy atom. The van der Waals surface area contributed by atoms with Gasteiger partial charge < -0.3 is 5.43 Å². The summed E-state index contributed by atoms with van der Waals surface area (Å²) in [5.41, 5.74) is 3.11. The van der Waals surface area contributed by atoms with Gasteiger partial charge in [-0.2, -0.15) is 0 Å². The number of hydrogen-bond acceptors (Lipinski definition) is 4. The number of nitrogens with one attached hydrogen (secondary N) is 1. The van der Waals surface area contributed by atoms with Crippen LogP contribution in [0.1, 0.15) is 0 Å². The van der Waals surface area contributed by atoms with Crippen LogP contribution in [0.5, 0.6) is 0 Å². The van der Waals surface area contributed by atoms with Gasteiger partial charge in [0.25, 0.3) is 0 Å². The SMILES string of the molecule is N[N-]c1nn[nH]n1. The molecule has 38 valence electrons. The van der Waals surface area contributed by atoms with Crippen LogP contribution in [0.15, 0.2) is 0 Å². The number of aromatic nitrogens is 4. The van der Waals surface area contributed by atoms with E-state index in [0.717, 1.165) is 0 Å². The molecule has 6 nitrogen and oxygen atoms in total. The minimum absolute atomic E-state index is 0.167. The van der Waals surface area contributed by atoms with Crippen molar-refractivity contribution in [3.05, 3.63) is 5.43 Å². The van der Waals surface area contributed by atoms with Crippen LogP contribution in [0.4, 0.5) is 5.95 Å². The van der Waals surface area contributed by atoms with Crippen molar-refractivity contribution in [1.82, 2.24) is 20.6 Å². The highest BCUT2D eigenvalue weighted by Gasteiger charge is 1.71. The predicted octanol–water partition coefficient (Wildman–Crippen LogP) is -0.921. The maximum Gasteiger partial charge on any atom is 0.0751 e. The normalized spacial score (nSPS) is 8.71. The minimum Gasteiger partial charge on any atom is -0.323 e. The van der Waals surface area contributed by atoms with E-state index >= 15 is 0 Å². The van der Waals surface area contributed by atoms with Crippen molar-refractivity contribution in [2.45, 2.75) is 0 Å². The van der Waals surface area contributed by atoms with Gasteiger partial charge in [0.2, 0.25) is 0 Å². The van der Waals surface area contributed by atoms with Gasteiger partial charge in [-0.1, -0.05) is 0 Å². The lowest BCUT2D eigenvalue weighted by atomic mass is 11.1. The molecule has 0 aliphatic rings. The molecule has 0 radical (unpaired) electrons. The third-order valence-electron chi connectivity index (χ3n) is 0.450. The van der Waals surface area contributed by atoms with Crippen LogP contribution in [0.3, 0.4) is 0 Å². The molecule has 0 aliphatic carbocycles. The fourth-order valence-electron chi connectivity index (χ4n) is 0.211. The summed E-state index contributed by atoms with van der Waals surface area (Å²) in [5.74, 6) is 4.90. The lowest BCUT2D eigenvalue weighted by Crippen LogP contribution is -1.82. The Balaban J connectivity index is 2.76. The van der Waals surface area contributed by atoms with Crippen molar-refractivity contribution >= 4 is 5.95 Å². The molecule has 6 heteroatoms. The maximum atomic E-state index is 4.73. The van der Waals surface area contributed by atoms with Gasteiger partial charge in [-0.05, 0) is 0 Å². The molecule has 1 aromatic rings. The zero-order valence-electron chi connectivity index (χ0n) is 3.37. The first-order chi connectivity index (χ1) is 3.43. The van der Waals surface area contributed by atoms with Gasteiger partial charge in [-0.25, -0.2) is 0 Å². The Hall–Kier alpha value is -1.17. The number of tetrazole rings is 1. The van der Waals surface area contributed by atoms with E-state index in [1.165, 1.54) is 0 Å². The van der Waals surface area contributed by atoms with Gasteiger partial charge in [0.05, 0.1) is 5.95 Å². The number of nitrogens with two attached hydrogens (primary N) is 1. The van der Waals surface area contributed by atoms with Gasteiger partial charge in [0.1, 0.15) is 0 Å². The van der Waals surface area contributed by atoms with E-state index in [1.807, 2.05) is 0 Å². The average Bonchev–Trinajstić information content (AvgIpc) is 2.14. The second-order valence-electron chi connectivity index (χ2n) is 0.841. The molecular weight excluding hydrogens is 96.1 g/mol. The molecular formula is CH3N6-. The maximum absolute atomic E-state index is 4.73. The van der Waals surface area contributed by atoms with E-state index in [4.69, 9.17) is 5.84 Å². The number of aromatic amines is 1. The van der Waals surface area contributed by atoms with Gasteiger partial charge in [-0.3, -0.25) is 21.3 Å². The standard InChI is InChI=1S/CH3N6/c2-3-1-4-6-7-5-1/h2H2,(H-,3,4,5,6,7)/q-1. The number of H-pyrrole nitrogens is 1. The summed E-state index contributed by atoms with van der Waals surface area (Å²) in [6.07, 6.45) is 0. The lowest BCUT2D eigenvalue weighted by molar-refractivity contribution is 0.881. The Labute approximate surface area is 39.1 Å². The Morgan fingerprint density at radius 3 is 2.86 bits per heavy atom. The molecule has 0 aliphatic heterocycles. The van der Waals surface area contributed by atoms with Crippen molar-refractivity contribution in [2.24, 2.45) is 5.84 Å². The van der Waals surface area contributed by atoms with Crippen molar-refractivity contribution in [3.63, 3.8) is 0 Å². The number of rotatable bonds is 1. The summed E-state index contributed by atoms with van der Waals surface area (Å²) in [4.78, 5) is 0. The Kier molecular flexibility index (Phi) is 0.868. The summed E-state index contributed by atoms with van der Waals surface area (Å²) >= 11 is 0. The molecule has 0 spiro atoms. The van der Waals surface area contributed by atoms with Gasteiger partial charge in [-0.15, -0.1) is 5.21 Å². The third kappa shape index (κ3) is 0.631. The third-order valence-corrected chi connectivity index (χ3v) is 0.450. The number of nitrogens with zero attached hydrogens (tertiary/aromatic N) is 4. The molecule has 0 aromatic carbocycles. The molecule has 0 amide bonds. The smallest absolute Gasteiger partial charge is 0.0751 e. The first-order valence-corrected chi connectivity index (χ1v) is 1.58. The summed E-state index contributed by atoms with van der Waals surface area (Å²) in [5, 5.41) is 12.2. The Bertz CT molecular complexity index is 119. The quantitative estimate of drug-likeness (QED) is 0.351. The molecule has 0 fully saturated rings. The zero-order valence-corrected chi connectivity index (χ0v) is 3.37. The summed E-state index contributed by atoms with van der Waals surface area (Å²) in [6.45, 7) is 0. The van der Waals surface area contributed by atoms with E-state index in [9.17, 15) is 0 Å². The number of hydrogen-bond donors (Lipinski definition) is 2. The molecule has 0 bridgehead atoms. The molecule has 0 saturated heterocycles. The monoisotopic (exact) mass is 99.0 g/mol. The van der Waals surface area contributed by atoms with Crippen LogP contribution >= 0.6 is 0 Å². The molecule has 1 aromatic heterocycles. The van der Waals surface area contributed by atoms with E-state index < -0.39 is 0 Å². The Morgan fingerprint density at radius 1 is 1.71 bits per heavy atom. The van der Waals surface area contributed by atoms with Crippen LogP contribution in [-0.4, -0.2) is 20.6 Å². The molecule has 1 rings (SSSR count). The summed E-state index contributed by atoms with van der Waals surface area (Å²) in [6, 6.07) is 0. The van der Waals surface area contributed by atoms with Crippen LogP contribution in [0.25, 0.3) is 5.43 Å². The van der Waals surface area contributed by atoms with Crippen molar-refractivity contribution in [1.29, 1.82) is 0 Å². The molecule has 0 atom stereocenters. The summed E-state index contributed by atoms with van der Waals surface area (Å²) in [7, 11) is 0. The lowest BCUT2D eigenvalue weighted by Gasteiger charge is -1.91. The first-order valence-electron chi connectivity index (χ1n) is 1.58. The predicted molar refractivity (Wildman–Crippen MR) is 21.4 cm³/mol. The highest BCUT2D eigenvalue weighted by atomic mass is 15.5. The molecule has 7 heavy (non-hydrogen) atoms. The fraction of sp³-hybridized carbons (Fsp3) is 0. The van der Waals surface area contributed by atoms with Gasteiger partial charge >= 0.3 is 0 Å². The van der Waals surface area contributed by atoms with E-state index in [-0.39, 0.29) is 5.95 Å². The largest absolute Gasteiger partial charge is 0.323 e. The first kappa shape index (κ1) is 4.00. The topological polar surface area (TPSA) is 94.6 Å². The van der Waals surface area contributed by atoms with Crippen molar-refractivity contribution in [3.8, 4) is 0 Å². The van der Waals surface area contributed by atoms with Gasteiger partial charge in [0.15, 0.2) is 0 Å². The molecule has 0 saturated carbocycles.